The van der Waals surface area contributed by atoms with Crippen molar-refractivity contribution < 1.29 is 13.9 Å². The fourth-order valence-electron chi connectivity index (χ4n) is 2.06. The molecule has 1 amide bonds. The Hall–Kier alpha value is -1.12. The van der Waals surface area contributed by atoms with Gasteiger partial charge in [0.15, 0.2) is 5.82 Å². The number of aromatic nitrogens is 1. The number of hydrogen-bond acceptors (Lipinski definition) is 4. The monoisotopic (exact) mass is 407 g/mol. The Morgan fingerprint density at radius 3 is 2.48 bits per heavy atom. The highest BCUT2D eigenvalue weighted by Crippen LogP contribution is 2.20. The first-order chi connectivity index (χ1) is 9.76. The number of carbonyl (C=O) groups is 1. The molecular weight excluding hydrogens is 388 g/mol. The first-order valence-corrected chi connectivity index (χ1v) is 7.88. The molecule has 0 saturated carbocycles. The molecule has 0 spiro atoms. The van der Waals surface area contributed by atoms with Crippen LogP contribution in [0.5, 0.6) is 0 Å². The number of amides is 1. The van der Waals surface area contributed by atoms with Crippen LogP contribution in [0.4, 0.5) is 14.9 Å². The smallest absolute Gasteiger partial charge is 0.410 e. The molecule has 2 rings (SSSR count). The molecular formula is C14H19FIN3O2. The first kappa shape index (κ1) is 16.3. The minimum atomic E-state index is -0.489. The van der Waals surface area contributed by atoms with Crippen molar-refractivity contribution in [2.45, 2.75) is 26.4 Å². The molecule has 1 aliphatic rings. The SMILES string of the molecule is CC(C)(C)OC(=O)N1CCN(c2cnc(I)c(F)c2)CC1. The van der Waals surface area contributed by atoms with Gasteiger partial charge in [0.1, 0.15) is 9.30 Å². The van der Waals surface area contributed by atoms with Crippen LogP contribution < -0.4 is 4.90 Å². The van der Waals surface area contributed by atoms with Crippen molar-refractivity contribution in [3.8, 4) is 0 Å². The second kappa shape index (κ2) is 6.33. The van der Waals surface area contributed by atoms with Crippen LogP contribution >= 0.6 is 22.6 Å². The van der Waals surface area contributed by atoms with Gasteiger partial charge in [0.2, 0.25) is 0 Å². The van der Waals surface area contributed by atoms with E-state index in [1.54, 1.807) is 11.1 Å². The minimum absolute atomic E-state index is 0.297. The van der Waals surface area contributed by atoms with Gasteiger partial charge in [-0.2, -0.15) is 0 Å². The normalized spacial score (nSPS) is 16.0. The minimum Gasteiger partial charge on any atom is -0.444 e. The Balaban J connectivity index is 1.94. The molecule has 0 bridgehead atoms. The predicted octanol–water partition coefficient (Wildman–Crippen LogP) is 2.88. The molecule has 116 valence electrons. The molecule has 2 heterocycles. The van der Waals surface area contributed by atoms with Gasteiger partial charge >= 0.3 is 6.09 Å². The summed E-state index contributed by atoms with van der Waals surface area (Å²) >= 11 is 1.86. The van der Waals surface area contributed by atoms with E-state index in [9.17, 15) is 9.18 Å². The Morgan fingerprint density at radius 2 is 1.95 bits per heavy atom. The maximum atomic E-state index is 13.5. The van der Waals surface area contributed by atoms with E-state index in [0.29, 0.717) is 29.9 Å². The van der Waals surface area contributed by atoms with Crippen molar-refractivity contribution in [1.29, 1.82) is 0 Å². The molecule has 5 nitrogen and oxygen atoms in total. The molecule has 7 heteroatoms. The van der Waals surface area contributed by atoms with Crippen molar-refractivity contribution in [1.82, 2.24) is 9.88 Å². The number of ether oxygens (including phenoxy) is 1. The third-order valence-corrected chi connectivity index (χ3v) is 3.87. The van der Waals surface area contributed by atoms with Gasteiger partial charge in [-0.05, 0) is 43.4 Å². The molecule has 0 unspecified atom stereocenters. The lowest BCUT2D eigenvalue weighted by molar-refractivity contribution is 0.0240. The van der Waals surface area contributed by atoms with E-state index in [-0.39, 0.29) is 11.9 Å². The number of hydrogen-bond donors (Lipinski definition) is 0. The molecule has 0 aliphatic carbocycles. The summed E-state index contributed by atoms with van der Waals surface area (Å²) in [5, 5.41) is 0. The maximum absolute atomic E-state index is 13.5. The number of carbonyl (C=O) groups excluding carboxylic acids is 1. The molecule has 1 aliphatic heterocycles. The van der Waals surface area contributed by atoms with Crippen molar-refractivity contribution in [3.63, 3.8) is 0 Å². The zero-order valence-electron chi connectivity index (χ0n) is 12.4. The number of halogens is 2. The highest BCUT2D eigenvalue weighted by Gasteiger charge is 2.26. The summed E-state index contributed by atoms with van der Waals surface area (Å²) in [4.78, 5) is 19.7. The van der Waals surface area contributed by atoms with Gasteiger partial charge in [-0.15, -0.1) is 0 Å². The molecule has 0 radical (unpaired) electrons. The Morgan fingerprint density at radius 1 is 1.33 bits per heavy atom. The van der Waals surface area contributed by atoms with Crippen LogP contribution in [0.15, 0.2) is 12.3 Å². The quantitative estimate of drug-likeness (QED) is 0.531. The number of piperazine rings is 1. The number of pyridine rings is 1. The van der Waals surface area contributed by atoms with Crippen LogP contribution in [0, 0.1) is 9.52 Å². The summed E-state index contributed by atoms with van der Waals surface area (Å²) in [5.41, 5.74) is 0.258. The number of rotatable bonds is 1. The molecule has 21 heavy (non-hydrogen) atoms. The largest absolute Gasteiger partial charge is 0.444 e. The van der Waals surface area contributed by atoms with Gasteiger partial charge in [-0.1, -0.05) is 0 Å². The van der Waals surface area contributed by atoms with Crippen LogP contribution in [-0.4, -0.2) is 47.8 Å². The Kier molecular flexibility index (Phi) is 4.90. The summed E-state index contributed by atoms with van der Waals surface area (Å²) in [6.07, 6.45) is 1.36. The lowest BCUT2D eigenvalue weighted by Crippen LogP contribution is -2.50. The molecule has 1 aromatic heterocycles. The van der Waals surface area contributed by atoms with Gasteiger partial charge in [-0.25, -0.2) is 14.2 Å². The summed E-state index contributed by atoms with van der Waals surface area (Å²) in [5.74, 6) is -0.317. The van der Waals surface area contributed by atoms with Crippen molar-refractivity contribution in [2.24, 2.45) is 0 Å². The summed E-state index contributed by atoms with van der Waals surface area (Å²) in [6, 6.07) is 1.48. The van der Waals surface area contributed by atoms with Crippen molar-refractivity contribution in [3.05, 3.63) is 21.8 Å². The molecule has 1 fully saturated rings. The molecule has 0 aromatic carbocycles. The van der Waals surface area contributed by atoms with Crippen LogP contribution in [0.1, 0.15) is 20.8 Å². The third kappa shape index (κ3) is 4.42. The van der Waals surface area contributed by atoms with Gasteiger partial charge in [0, 0.05) is 32.2 Å². The summed E-state index contributed by atoms with van der Waals surface area (Å²) in [6.45, 7) is 7.94. The van der Waals surface area contributed by atoms with Gasteiger partial charge < -0.3 is 14.5 Å². The zero-order valence-corrected chi connectivity index (χ0v) is 14.6. The van der Waals surface area contributed by atoms with E-state index in [2.05, 4.69) is 4.98 Å². The molecule has 1 aromatic rings. The Labute approximate surface area is 137 Å². The lowest BCUT2D eigenvalue weighted by Gasteiger charge is -2.36. The van der Waals surface area contributed by atoms with Crippen LogP contribution in [0.2, 0.25) is 0 Å². The highest BCUT2D eigenvalue weighted by molar-refractivity contribution is 14.1. The van der Waals surface area contributed by atoms with Gasteiger partial charge in [0.05, 0.1) is 11.9 Å². The fourth-order valence-corrected chi connectivity index (χ4v) is 2.35. The third-order valence-electron chi connectivity index (χ3n) is 3.08. The predicted molar refractivity (Wildman–Crippen MR) is 86.9 cm³/mol. The van der Waals surface area contributed by atoms with Gasteiger partial charge in [0.25, 0.3) is 0 Å². The maximum Gasteiger partial charge on any atom is 0.410 e. The van der Waals surface area contributed by atoms with E-state index in [1.807, 2.05) is 48.3 Å². The molecule has 0 atom stereocenters. The summed E-state index contributed by atoms with van der Waals surface area (Å²) in [7, 11) is 0. The standard InChI is InChI=1S/C14H19FIN3O2/c1-14(2,3)21-13(20)19-6-4-18(5-7-19)10-8-11(15)12(16)17-9-10/h8-9H,4-7H2,1-3H3. The van der Waals surface area contributed by atoms with E-state index in [0.717, 1.165) is 5.69 Å². The molecule has 1 saturated heterocycles. The Bertz CT molecular complexity index is 525. The first-order valence-electron chi connectivity index (χ1n) is 6.80. The number of anilines is 1. The van der Waals surface area contributed by atoms with Gasteiger partial charge in [-0.3, -0.25) is 0 Å². The van der Waals surface area contributed by atoms with Crippen LogP contribution in [0.25, 0.3) is 0 Å². The van der Waals surface area contributed by atoms with E-state index in [4.69, 9.17) is 4.74 Å². The molecule has 0 N–H and O–H groups in total. The second-order valence-electron chi connectivity index (χ2n) is 5.92. The van der Waals surface area contributed by atoms with Crippen molar-refractivity contribution in [2.75, 3.05) is 31.1 Å². The number of nitrogens with zero attached hydrogens (tertiary/aromatic N) is 3. The average molecular weight is 407 g/mol. The van der Waals surface area contributed by atoms with E-state index >= 15 is 0 Å². The summed E-state index contributed by atoms with van der Waals surface area (Å²) < 4.78 is 19.3. The lowest BCUT2D eigenvalue weighted by atomic mass is 10.2. The van der Waals surface area contributed by atoms with E-state index in [1.165, 1.54) is 6.07 Å². The van der Waals surface area contributed by atoms with Crippen LogP contribution in [0.3, 0.4) is 0 Å². The average Bonchev–Trinajstić information content (AvgIpc) is 2.40. The highest BCUT2D eigenvalue weighted by atomic mass is 127. The second-order valence-corrected chi connectivity index (χ2v) is 6.94. The van der Waals surface area contributed by atoms with Crippen molar-refractivity contribution >= 4 is 34.4 Å². The van der Waals surface area contributed by atoms with E-state index < -0.39 is 5.60 Å². The fraction of sp³-hybridized carbons (Fsp3) is 0.571. The zero-order chi connectivity index (χ0) is 15.6. The van der Waals surface area contributed by atoms with Crippen LogP contribution in [-0.2, 0) is 4.74 Å². The topological polar surface area (TPSA) is 45.7 Å².